The number of likely N-dealkylation sites (N-methyl/N-ethyl adjacent to an activating group) is 2. The number of nitrogens with zero attached hydrogens (tertiary/aromatic N) is 8. The van der Waals surface area contributed by atoms with Crippen LogP contribution in [-0.4, -0.2) is 107 Å². The number of anilines is 5. The highest BCUT2D eigenvalue weighted by Gasteiger charge is 2.18. The van der Waals surface area contributed by atoms with Gasteiger partial charge in [0.05, 0.1) is 5.69 Å². The molecule has 2 aromatic carbocycles. The van der Waals surface area contributed by atoms with E-state index in [9.17, 15) is 4.79 Å². The summed E-state index contributed by atoms with van der Waals surface area (Å²) in [5.74, 6) is 2.00. The second-order valence-electron chi connectivity index (χ2n) is 12.2. The molecule has 1 amide bonds. The first-order valence-electron chi connectivity index (χ1n) is 15.5. The van der Waals surface area contributed by atoms with E-state index in [1.54, 1.807) is 11.0 Å². The number of benzene rings is 2. The minimum atomic E-state index is -0.133. The predicted molar refractivity (Wildman–Crippen MR) is 180 cm³/mol. The van der Waals surface area contributed by atoms with E-state index in [1.807, 2.05) is 63.2 Å². The van der Waals surface area contributed by atoms with Gasteiger partial charge in [-0.05, 0) is 76.3 Å². The molecule has 6 rings (SSSR count). The normalized spacial score (nSPS) is 16.5. The van der Waals surface area contributed by atoms with E-state index in [0.717, 1.165) is 92.2 Å². The lowest BCUT2D eigenvalue weighted by molar-refractivity contribution is 0.102. The summed E-state index contributed by atoms with van der Waals surface area (Å²) in [7, 11) is 4.28. The fourth-order valence-corrected chi connectivity index (χ4v) is 5.68. The minimum absolute atomic E-state index is 0.133. The van der Waals surface area contributed by atoms with Crippen LogP contribution in [0.2, 0.25) is 0 Å². The van der Waals surface area contributed by atoms with Gasteiger partial charge in [0.2, 0.25) is 0 Å². The number of carbonyl (C=O) groups is 1. The van der Waals surface area contributed by atoms with Crippen molar-refractivity contribution in [2.45, 2.75) is 20.8 Å². The average Bonchev–Trinajstić information content (AvgIpc) is 3.40. The highest BCUT2D eigenvalue weighted by molar-refractivity contribution is 6.05. The third-order valence-electron chi connectivity index (χ3n) is 8.43. The van der Waals surface area contributed by atoms with E-state index in [2.05, 4.69) is 65.9 Å². The Morgan fingerprint density at radius 1 is 0.800 bits per heavy atom. The largest absolute Gasteiger partial charge is 0.369 e. The molecule has 2 aliphatic heterocycles. The first kappa shape index (κ1) is 30.5. The molecule has 12 nitrogen and oxygen atoms in total. The molecule has 2 fully saturated rings. The van der Waals surface area contributed by atoms with Gasteiger partial charge in [-0.3, -0.25) is 4.79 Å². The maximum absolute atomic E-state index is 13.4. The van der Waals surface area contributed by atoms with Crippen molar-refractivity contribution in [2.75, 3.05) is 87.4 Å². The fourth-order valence-electron chi connectivity index (χ4n) is 5.68. The number of aromatic nitrogens is 4. The van der Waals surface area contributed by atoms with Gasteiger partial charge in [-0.2, -0.15) is 9.78 Å². The lowest BCUT2D eigenvalue weighted by atomic mass is 10.1. The molecule has 0 radical (unpaired) electrons. The summed E-state index contributed by atoms with van der Waals surface area (Å²) >= 11 is 0. The van der Waals surface area contributed by atoms with Gasteiger partial charge in [0.25, 0.3) is 5.91 Å². The van der Waals surface area contributed by atoms with Crippen molar-refractivity contribution in [3.8, 4) is 5.82 Å². The van der Waals surface area contributed by atoms with E-state index in [1.165, 1.54) is 0 Å². The van der Waals surface area contributed by atoms with Crippen LogP contribution >= 0.6 is 0 Å². The van der Waals surface area contributed by atoms with Gasteiger partial charge < -0.3 is 30.8 Å². The van der Waals surface area contributed by atoms with E-state index in [-0.39, 0.29) is 5.91 Å². The Bertz CT molecular complexity index is 1650. The Kier molecular flexibility index (Phi) is 8.97. The highest BCUT2D eigenvalue weighted by Crippen LogP contribution is 2.28. The summed E-state index contributed by atoms with van der Waals surface area (Å²) in [6.07, 6.45) is 1.55. The van der Waals surface area contributed by atoms with Crippen molar-refractivity contribution in [3.63, 3.8) is 0 Å². The summed E-state index contributed by atoms with van der Waals surface area (Å²) in [5, 5.41) is 13.5. The number of carbonyl (C=O) groups excluding carboxylic acids is 1. The molecule has 3 N–H and O–H groups in total. The van der Waals surface area contributed by atoms with Crippen molar-refractivity contribution in [2.24, 2.45) is 0 Å². The molecule has 0 aliphatic carbocycles. The Balaban J connectivity index is 1.18. The molecule has 0 bridgehead atoms. The molecule has 2 saturated heterocycles. The van der Waals surface area contributed by atoms with Crippen LogP contribution in [0, 0.1) is 20.8 Å². The van der Waals surface area contributed by atoms with Crippen LogP contribution in [0.25, 0.3) is 5.82 Å². The van der Waals surface area contributed by atoms with Crippen molar-refractivity contribution >= 4 is 34.6 Å². The van der Waals surface area contributed by atoms with Gasteiger partial charge in [0.15, 0.2) is 5.82 Å². The molecule has 0 saturated carbocycles. The summed E-state index contributed by atoms with van der Waals surface area (Å²) in [4.78, 5) is 29.4. The Morgan fingerprint density at radius 2 is 1.53 bits per heavy atom. The topological polar surface area (TPSA) is 110 Å². The number of hydrogen-bond acceptors (Lipinski definition) is 10. The highest BCUT2D eigenvalue weighted by atomic mass is 16.1. The van der Waals surface area contributed by atoms with Crippen molar-refractivity contribution in [3.05, 3.63) is 77.2 Å². The Labute approximate surface area is 265 Å². The van der Waals surface area contributed by atoms with E-state index < -0.39 is 0 Å². The Hall–Kier alpha value is -4.52. The van der Waals surface area contributed by atoms with Crippen LogP contribution < -0.4 is 21.0 Å². The van der Waals surface area contributed by atoms with Gasteiger partial charge in [-0.25, -0.2) is 15.0 Å². The van der Waals surface area contributed by atoms with E-state index in [0.29, 0.717) is 17.1 Å². The van der Waals surface area contributed by atoms with Crippen LogP contribution in [0.4, 0.5) is 28.7 Å². The second kappa shape index (κ2) is 13.2. The van der Waals surface area contributed by atoms with Gasteiger partial charge in [0.1, 0.15) is 18.0 Å². The smallest absolute Gasteiger partial charge is 0.255 e. The van der Waals surface area contributed by atoms with Gasteiger partial charge >= 0.3 is 0 Å². The molecule has 2 aliphatic rings. The fraction of sp³-hybridized carbons (Fsp3) is 0.394. The third-order valence-corrected chi connectivity index (χ3v) is 8.43. The zero-order valence-electron chi connectivity index (χ0n) is 26.8. The van der Waals surface area contributed by atoms with Crippen molar-refractivity contribution < 1.29 is 4.79 Å². The lowest BCUT2D eigenvalue weighted by Gasteiger charge is -2.34. The molecule has 4 heterocycles. The quantitative estimate of drug-likeness (QED) is 0.272. The number of aryl methyl sites for hydroxylation is 3. The van der Waals surface area contributed by atoms with Crippen LogP contribution in [0.3, 0.4) is 0 Å². The van der Waals surface area contributed by atoms with Gasteiger partial charge in [-0.1, -0.05) is 6.07 Å². The van der Waals surface area contributed by atoms with E-state index >= 15 is 0 Å². The first-order valence-corrected chi connectivity index (χ1v) is 15.5. The number of hydrazine groups is 1. The monoisotopic (exact) mass is 609 g/mol. The molecule has 0 unspecified atom stereocenters. The van der Waals surface area contributed by atoms with Crippen molar-refractivity contribution in [1.29, 1.82) is 0 Å². The number of amides is 1. The number of hydrogen-bond donors (Lipinski definition) is 3. The van der Waals surface area contributed by atoms with E-state index in [4.69, 9.17) is 5.10 Å². The van der Waals surface area contributed by atoms with Crippen molar-refractivity contribution in [1.82, 2.24) is 34.6 Å². The molecular weight excluding hydrogens is 566 g/mol. The molecule has 2 aromatic heterocycles. The zero-order chi connectivity index (χ0) is 31.5. The summed E-state index contributed by atoms with van der Waals surface area (Å²) in [6.45, 7) is 13.8. The van der Waals surface area contributed by atoms with Crippen LogP contribution in [0.15, 0.2) is 54.9 Å². The van der Waals surface area contributed by atoms with Crippen LogP contribution in [-0.2, 0) is 0 Å². The molecule has 4 aromatic rings. The summed E-state index contributed by atoms with van der Waals surface area (Å²) < 4.78 is 1.78. The second-order valence-corrected chi connectivity index (χ2v) is 12.2. The molecule has 0 spiro atoms. The number of nitrogens with one attached hydrogen (secondary N) is 3. The third kappa shape index (κ3) is 7.42. The van der Waals surface area contributed by atoms with Gasteiger partial charge in [-0.15, -0.1) is 0 Å². The average molecular weight is 610 g/mol. The predicted octanol–water partition coefficient (Wildman–Crippen LogP) is 3.91. The number of rotatable bonds is 8. The summed E-state index contributed by atoms with van der Waals surface area (Å²) in [6, 6.07) is 15.9. The standard InChI is InChI=1S/C33H43N11O/c1-23-16-26(19-28(17-23)42-12-8-40(4)9-13-42)33(45)36-27-7-6-24(2)29(20-27)37-32-18-25(3)38-44(32)31-21-30(34-22-35-31)39-43-14-10-41(5)11-15-43/h6-7,16-22,37H,8-15H2,1-5H3,(H,36,45)(H,34,35,39). The maximum Gasteiger partial charge on any atom is 0.255 e. The maximum atomic E-state index is 13.4. The zero-order valence-corrected chi connectivity index (χ0v) is 26.8. The molecular formula is C33H43N11O. The number of piperazine rings is 2. The van der Waals surface area contributed by atoms with Gasteiger partial charge in [0, 0.05) is 87.1 Å². The summed E-state index contributed by atoms with van der Waals surface area (Å²) in [5.41, 5.74) is 9.68. The molecule has 0 atom stereocenters. The lowest BCUT2D eigenvalue weighted by Crippen LogP contribution is -2.47. The minimum Gasteiger partial charge on any atom is -0.369 e. The van der Waals surface area contributed by atoms with Crippen LogP contribution in [0.5, 0.6) is 0 Å². The molecule has 12 heteroatoms. The molecule has 45 heavy (non-hydrogen) atoms. The molecule has 236 valence electrons. The van der Waals surface area contributed by atoms with Crippen LogP contribution in [0.1, 0.15) is 27.2 Å². The Morgan fingerprint density at radius 3 is 2.29 bits per heavy atom. The first-order chi connectivity index (χ1) is 21.7. The SMILES string of the molecule is Cc1cc(C(=O)Nc2ccc(C)c(Nc3cc(C)nn3-c3cc(NN4CCN(C)CC4)ncn3)c2)cc(N2CCN(C)CC2)c1.